The van der Waals surface area contributed by atoms with Gasteiger partial charge in [0.25, 0.3) is 0 Å². The zero-order valence-corrected chi connectivity index (χ0v) is 16.7. The van der Waals surface area contributed by atoms with E-state index in [4.69, 9.17) is 0 Å². The number of nitrogens with zero attached hydrogens (tertiary/aromatic N) is 1. The molecular weight excluding hydrogens is 342 g/mol. The van der Waals surface area contributed by atoms with E-state index in [9.17, 15) is 19.5 Å². The molecule has 1 heterocycles. The minimum absolute atomic E-state index is 0.252. The van der Waals surface area contributed by atoms with Crippen LogP contribution in [-0.2, 0) is 20.8 Å². The van der Waals surface area contributed by atoms with Gasteiger partial charge in [-0.1, -0.05) is 39.3 Å². The first kappa shape index (κ1) is 19.6. The van der Waals surface area contributed by atoms with Crippen LogP contribution < -0.4 is 4.90 Å². The van der Waals surface area contributed by atoms with E-state index in [1.54, 1.807) is 6.92 Å². The van der Waals surface area contributed by atoms with E-state index in [1.807, 2.05) is 38.1 Å². The maximum Gasteiger partial charge on any atom is 0.309 e. The monoisotopic (exact) mass is 371 g/mol. The van der Waals surface area contributed by atoms with Crippen molar-refractivity contribution in [2.75, 3.05) is 4.90 Å². The predicted molar refractivity (Wildman–Crippen MR) is 103 cm³/mol. The summed E-state index contributed by atoms with van der Waals surface area (Å²) in [6.07, 6.45) is 4.11. The molecule has 2 fully saturated rings. The number of fused-ring (bicyclic) bond motifs is 2. The van der Waals surface area contributed by atoms with Crippen LogP contribution in [-0.4, -0.2) is 22.9 Å². The number of aryl methyl sites for hydroxylation is 1. The lowest BCUT2D eigenvalue weighted by molar-refractivity contribution is -0.167. The molecule has 1 aliphatic carbocycles. The van der Waals surface area contributed by atoms with E-state index in [-0.39, 0.29) is 24.7 Å². The first-order valence-corrected chi connectivity index (χ1v) is 9.76. The first-order chi connectivity index (χ1) is 12.5. The second-order valence-corrected chi connectivity index (χ2v) is 9.23. The van der Waals surface area contributed by atoms with Gasteiger partial charge in [0.15, 0.2) is 0 Å². The third-order valence-corrected chi connectivity index (χ3v) is 6.31. The third kappa shape index (κ3) is 3.17. The SMILES string of the molecule is CCCCc1ccc(N2C(=O)C3(C)CC(C)(C(=O)O)CC(C)(C3)C2=O)cc1. The van der Waals surface area contributed by atoms with Gasteiger partial charge in [-0.2, -0.15) is 0 Å². The molecule has 0 radical (unpaired) electrons. The van der Waals surface area contributed by atoms with Gasteiger partial charge in [0, 0.05) is 10.8 Å². The molecule has 2 aliphatic rings. The third-order valence-electron chi connectivity index (χ3n) is 6.31. The summed E-state index contributed by atoms with van der Waals surface area (Å²) < 4.78 is 0. The molecule has 1 saturated carbocycles. The number of benzene rings is 1. The quantitative estimate of drug-likeness (QED) is 0.788. The topological polar surface area (TPSA) is 74.7 Å². The Labute approximate surface area is 160 Å². The van der Waals surface area contributed by atoms with Gasteiger partial charge in [0.2, 0.25) is 11.8 Å². The molecule has 2 bridgehead atoms. The van der Waals surface area contributed by atoms with Gasteiger partial charge in [-0.05, 0) is 56.7 Å². The van der Waals surface area contributed by atoms with Crippen molar-refractivity contribution in [3.63, 3.8) is 0 Å². The Morgan fingerprint density at radius 3 is 1.96 bits per heavy atom. The Kier molecular flexibility index (Phi) is 4.69. The minimum atomic E-state index is -1.07. The zero-order valence-electron chi connectivity index (χ0n) is 16.7. The van der Waals surface area contributed by atoms with Crippen molar-refractivity contribution >= 4 is 23.5 Å². The van der Waals surface area contributed by atoms with Crippen molar-refractivity contribution in [2.24, 2.45) is 16.2 Å². The summed E-state index contributed by atoms with van der Waals surface area (Å²) >= 11 is 0. The summed E-state index contributed by atoms with van der Waals surface area (Å²) in [6, 6.07) is 7.62. The number of carbonyl (C=O) groups is 3. The van der Waals surface area contributed by atoms with Crippen LogP contribution in [0, 0.1) is 16.2 Å². The fourth-order valence-corrected chi connectivity index (χ4v) is 5.28. The fourth-order valence-electron chi connectivity index (χ4n) is 5.28. The van der Waals surface area contributed by atoms with Gasteiger partial charge in [-0.25, -0.2) is 4.90 Å². The van der Waals surface area contributed by atoms with Crippen molar-refractivity contribution in [2.45, 2.75) is 66.2 Å². The molecule has 0 spiro atoms. The lowest BCUT2D eigenvalue weighted by atomic mass is 9.52. The maximum atomic E-state index is 13.3. The largest absolute Gasteiger partial charge is 0.481 e. The van der Waals surface area contributed by atoms with Crippen molar-refractivity contribution in [1.29, 1.82) is 0 Å². The maximum absolute atomic E-state index is 13.3. The number of carboxylic acid groups (broad SMARTS) is 1. The van der Waals surface area contributed by atoms with Gasteiger partial charge in [0.1, 0.15) is 0 Å². The number of hydrogen-bond donors (Lipinski definition) is 1. The minimum Gasteiger partial charge on any atom is -0.481 e. The lowest BCUT2D eigenvalue weighted by Gasteiger charge is -2.55. The van der Waals surface area contributed by atoms with E-state index in [0.717, 1.165) is 19.3 Å². The molecule has 27 heavy (non-hydrogen) atoms. The molecule has 1 aromatic carbocycles. The molecule has 1 aromatic rings. The summed E-state index contributed by atoms with van der Waals surface area (Å²) in [5, 5.41) is 9.70. The number of carboxylic acids is 1. The first-order valence-electron chi connectivity index (χ1n) is 9.76. The van der Waals surface area contributed by atoms with E-state index in [0.29, 0.717) is 12.1 Å². The Morgan fingerprint density at radius 2 is 1.52 bits per heavy atom. The number of imide groups is 1. The summed E-state index contributed by atoms with van der Waals surface area (Å²) in [4.78, 5) is 39.7. The standard InChI is InChI=1S/C22H29NO4/c1-5-6-7-15-8-10-16(11-9-15)23-17(24)20(2)12-21(3,18(23)25)14-22(4,13-20)19(26)27/h8-11H,5-7,12-14H2,1-4H3,(H,26,27). The van der Waals surface area contributed by atoms with Crippen LogP contribution in [0.4, 0.5) is 5.69 Å². The van der Waals surface area contributed by atoms with Gasteiger partial charge < -0.3 is 5.11 Å². The van der Waals surface area contributed by atoms with E-state index < -0.39 is 22.2 Å². The van der Waals surface area contributed by atoms with Crippen LogP contribution in [0.3, 0.4) is 0 Å². The van der Waals surface area contributed by atoms with E-state index >= 15 is 0 Å². The van der Waals surface area contributed by atoms with Gasteiger partial charge in [-0.3, -0.25) is 14.4 Å². The highest BCUT2D eigenvalue weighted by Gasteiger charge is 2.63. The number of carbonyl (C=O) groups excluding carboxylic acids is 2. The van der Waals surface area contributed by atoms with E-state index in [1.165, 1.54) is 10.5 Å². The van der Waals surface area contributed by atoms with Gasteiger partial charge in [-0.15, -0.1) is 0 Å². The van der Waals surface area contributed by atoms with Crippen LogP contribution in [0.15, 0.2) is 24.3 Å². The lowest BCUT2D eigenvalue weighted by Crippen LogP contribution is -2.64. The van der Waals surface area contributed by atoms with Crippen LogP contribution in [0.2, 0.25) is 0 Å². The summed E-state index contributed by atoms with van der Waals surface area (Å²) in [5.41, 5.74) is -0.998. The van der Waals surface area contributed by atoms with Crippen molar-refractivity contribution in [3.05, 3.63) is 29.8 Å². The van der Waals surface area contributed by atoms with Crippen molar-refractivity contribution < 1.29 is 19.5 Å². The highest BCUT2D eigenvalue weighted by Crippen LogP contribution is 2.58. The van der Waals surface area contributed by atoms with E-state index in [2.05, 4.69) is 6.92 Å². The molecule has 2 amide bonds. The van der Waals surface area contributed by atoms with Crippen LogP contribution in [0.25, 0.3) is 0 Å². The molecule has 146 valence electrons. The Morgan fingerprint density at radius 1 is 1.00 bits per heavy atom. The molecule has 2 atom stereocenters. The summed E-state index contributed by atoms with van der Waals surface area (Å²) in [6.45, 7) is 7.42. The molecule has 3 rings (SSSR count). The molecular formula is C22H29NO4. The number of amides is 2. The highest BCUT2D eigenvalue weighted by atomic mass is 16.4. The molecule has 2 unspecified atom stereocenters. The van der Waals surface area contributed by atoms with Crippen molar-refractivity contribution in [1.82, 2.24) is 0 Å². The smallest absolute Gasteiger partial charge is 0.309 e. The zero-order chi connectivity index (χ0) is 20.0. The van der Waals surface area contributed by atoms with Gasteiger partial charge >= 0.3 is 5.97 Å². The average molecular weight is 371 g/mol. The van der Waals surface area contributed by atoms with Crippen LogP contribution in [0.1, 0.15) is 65.4 Å². The second-order valence-electron chi connectivity index (χ2n) is 9.23. The molecule has 5 heteroatoms. The van der Waals surface area contributed by atoms with Crippen LogP contribution >= 0.6 is 0 Å². The predicted octanol–water partition coefficient (Wildman–Crippen LogP) is 4.19. The number of anilines is 1. The Bertz CT molecular complexity index is 754. The molecule has 1 saturated heterocycles. The summed E-state index contributed by atoms with van der Waals surface area (Å²) in [7, 11) is 0. The molecule has 1 aliphatic heterocycles. The molecule has 5 nitrogen and oxygen atoms in total. The fraction of sp³-hybridized carbons (Fsp3) is 0.591. The number of piperidine rings is 1. The highest BCUT2D eigenvalue weighted by molar-refractivity contribution is 6.20. The van der Waals surface area contributed by atoms with Gasteiger partial charge in [0.05, 0.1) is 11.1 Å². The number of unbranched alkanes of at least 4 members (excludes halogenated alkanes) is 1. The number of hydrogen-bond acceptors (Lipinski definition) is 3. The Balaban J connectivity index is 1.97. The second kappa shape index (κ2) is 6.47. The Hall–Kier alpha value is -2.17. The van der Waals surface area contributed by atoms with Crippen LogP contribution in [0.5, 0.6) is 0 Å². The average Bonchev–Trinajstić information content (AvgIpc) is 2.59. The molecule has 0 aromatic heterocycles. The summed E-state index contributed by atoms with van der Waals surface area (Å²) in [5.74, 6) is -1.49. The number of aliphatic carboxylic acids is 1. The normalized spacial score (nSPS) is 33.3. The number of rotatable bonds is 5. The van der Waals surface area contributed by atoms with Crippen molar-refractivity contribution in [3.8, 4) is 0 Å². The molecule has 1 N–H and O–H groups in total.